The maximum absolute atomic E-state index is 12.8. The number of alkyl halides is 2. The largest absolute Gasteiger partial charge is 0.496 e. The van der Waals surface area contributed by atoms with Gasteiger partial charge in [-0.2, -0.15) is 0 Å². The monoisotopic (exact) mass is 227 g/mol. The molecule has 2 nitrogen and oxygen atoms in total. The number of rotatable bonds is 3. The van der Waals surface area contributed by atoms with Crippen LogP contribution in [-0.2, 0) is 0 Å². The van der Waals surface area contributed by atoms with E-state index in [1.54, 1.807) is 12.1 Å². The molecule has 1 N–H and O–H groups in total. The molecule has 1 unspecified atom stereocenters. The summed E-state index contributed by atoms with van der Waals surface area (Å²) in [5.41, 5.74) is 0.966. The van der Waals surface area contributed by atoms with Crippen molar-refractivity contribution in [1.82, 2.24) is 5.32 Å². The standard InChI is InChI=1S/C12H15F2NO/c1-16-11-3-2-8(6-10(11)12(13)14)9-4-5-15-7-9/h2-3,6,9,12,15H,4-5,7H2,1H3. The van der Waals surface area contributed by atoms with Crippen LogP contribution < -0.4 is 10.1 Å². The summed E-state index contributed by atoms with van der Waals surface area (Å²) in [4.78, 5) is 0. The highest BCUT2D eigenvalue weighted by Crippen LogP contribution is 2.33. The van der Waals surface area contributed by atoms with Gasteiger partial charge in [0.2, 0.25) is 0 Å². The molecule has 1 heterocycles. The number of halogens is 2. The molecular weight excluding hydrogens is 212 g/mol. The van der Waals surface area contributed by atoms with E-state index in [0.717, 1.165) is 25.1 Å². The van der Waals surface area contributed by atoms with Crippen molar-refractivity contribution in [3.8, 4) is 5.75 Å². The van der Waals surface area contributed by atoms with E-state index in [1.807, 2.05) is 6.07 Å². The second-order valence-corrected chi connectivity index (χ2v) is 3.99. The van der Waals surface area contributed by atoms with E-state index < -0.39 is 6.43 Å². The molecule has 0 radical (unpaired) electrons. The molecule has 4 heteroatoms. The van der Waals surface area contributed by atoms with Crippen molar-refractivity contribution in [2.75, 3.05) is 20.2 Å². The van der Waals surface area contributed by atoms with Crippen LogP contribution in [-0.4, -0.2) is 20.2 Å². The van der Waals surface area contributed by atoms with E-state index in [9.17, 15) is 8.78 Å². The molecule has 0 spiro atoms. The van der Waals surface area contributed by atoms with Gasteiger partial charge in [0.05, 0.1) is 12.7 Å². The van der Waals surface area contributed by atoms with Crippen LogP contribution in [0.3, 0.4) is 0 Å². The molecule has 1 aliphatic heterocycles. The summed E-state index contributed by atoms with van der Waals surface area (Å²) in [5, 5.41) is 3.23. The van der Waals surface area contributed by atoms with Crippen molar-refractivity contribution in [2.45, 2.75) is 18.8 Å². The maximum Gasteiger partial charge on any atom is 0.267 e. The second-order valence-electron chi connectivity index (χ2n) is 3.99. The normalized spacial score (nSPS) is 20.4. The molecule has 1 aliphatic rings. The Morgan fingerprint density at radius 3 is 2.81 bits per heavy atom. The Balaban J connectivity index is 2.30. The Kier molecular flexibility index (Phi) is 3.39. The molecule has 2 rings (SSSR count). The lowest BCUT2D eigenvalue weighted by atomic mass is 9.96. The fourth-order valence-electron chi connectivity index (χ4n) is 2.12. The first-order valence-corrected chi connectivity index (χ1v) is 5.39. The predicted octanol–water partition coefficient (Wildman–Crippen LogP) is 2.71. The maximum atomic E-state index is 12.8. The Morgan fingerprint density at radius 1 is 1.44 bits per heavy atom. The van der Waals surface area contributed by atoms with E-state index in [2.05, 4.69) is 5.32 Å². The molecule has 88 valence electrons. The summed E-state index contributed by atoms with van der Waals surface area (Å²) in [7, 11) is 1.41. The molecule has 16 heavy (non-hydrogen) atoms. The molecule has 1 aromatic rings. The number of ether oxygens (including phenoxy) is 1. The Labute approximate surface area is 93.6 Å². The third-order valence-electron chi connectivity index (χ3n) is 3.02. The number of nitrogens with one attached hydrogen (secondary N) is 1. The van der Waals surface area contributed by atoms with E-state index in [1.165, 1.54) is 7.11 Å². The van der Waals surface area contributed by atoms with Crippen molar-refractivity contribution < 1.29 is 13.5 Å². The highest BCUT2D eigenvalue weighted by atomic mass is 19.3. The smallest absolute Gasteiger partial charge is 0.267 e. The van der Waals surface area contributed by atoms with Crippen molar-refractivity contribution in [3.63, 3.8) is 0 Å². The summed E-state index contributed by atoms with van der Waals surface area (Å²) in [6.07, 6.45) is -1.47. The van der Waals surface area contributed by atoms with Crippen molar-refractivity contribution >= 4 is 0 Å². The molecule has 0 bridgehead atoms. The summed E-state index contributed by atoms with van der Waals surface area (Å²) in [6.45, 7) is 1.83. The summed E-state index contributed by atoms with van der Waals surface area (Å²) < 4.78 is 30.5. The van der Waals surface area contributed by atoms with Crippen LogP contribution in [0.15, 0.2) is 18.2 Å². The summed E-state index contributed by atoms with van der Waals surface area (Å²) in [5.74, 6) is 0.619. The SMILES string of the molecule is COc1ccc(C2CCNC2)cc1C(F)F. The van der Waals surface area contributed by atoms with Crippen molar-refractivity contribution in [2.24, 2.45) is 0 Å². The van der Waals surface area contributed by atoms with Gasteiger partial charge in [-0.05, 0) is 36.6 Å². The van der Waals surface area contributed by atoms with Gasteiger partial charge in [0.1, 0.15) is 5.75 Å². The van der Waals surface area contributed by atoms with Gasteiger partial charge < -0.3 is 10.1 Å². The van der Waals surface area contributed by atoms with E-state index in [4.69, 9.17) is 4.74 Å². The van der Waals surface area contributed by atoms with Gasteiger partial charge in [-0.25, -0.2) is 8.78 Å². The van der Waals surface area contributed by atoms with Crippen LogP contribution in [0.5, 0.6) is 5.75 Å². The first-order valence-electron chi connectivity index (χ1n) is 5.39. The lowest BCUT2D eigenvalue weighted by molar-refractivity contribution is 0.147. The van der Waals surface area contributed by atoms with Gasteiger partial charge in [0.15, 0.2) is 0 Å². The molecule has 0 aliphatic carbocycles. The zero-order valence-corrected chi connectivity index (χ0v) is 9.17. The van der Waals surface area contributed by atoms with Crippen LogP contribution in [0.2, 0.25) is 0 Å². The first kappa shape index (κ1) is 11.3. The Bertz CT molecular complexity index is 362. The topological polar surface area (TPSA) is 21.3 Å². The van der Waals surface area contributed by atoms with Crippen LogP contribution >= 0.6 is 0 Å². The van der Waals surface area contributed by atoms with Crippen LogP contribution in [0.1, 0.15) is 29.9 Å². The Hall–Kier alpha value is -1.16. The average Bonchev–Trinajstić information content (AvgIpc) is 2.81. The summed E-state index contributed by atoms with van der Waals surface area (Å²) >= 11 is 0. The molecule has 0 aromatic heterocycles. The van der Waals surface area contributed by atoms with Gasteiger partial charge in [-0.15, -0.1) is 0 Å². The Morgan fingerprint density at radius 2 is 2.25 bits per heavy atom. The van der Waals surface area contributed by atoms with Crippen LogP contribution in [0.25, 0.3) is 0 Å². The van der Waals surface area contributed by atoms with E-state index in [-0.39, 0.29) is 11.3 Å². The van der Waals surface area contributed by atoms with Crippen LogP contribution in [0.4, 0.5) is 8.78 Å². The van der Waals surface area contributed by atoms with Crippen LogP contribution in [0, 0.1) is 0 Å². The molecule has 1 fully saturated rings. The minimum Gasteiger partial charge on any atom is -0.496 e. The zero-order valence-electron chi connectivity index (χ0n) is 9.17. The molecule has 1 atom stereocenters. The quantitative estimate of drug-likeness (QED) is 0.857. The third kappa shape index (κ3) is 2.16. The van der Waals surface area contributed by atoms with Gasteiger partial charge in [-0.3, -0.25) is 0 Å². The minimum atomic E-state index is -2.48. The third-order valence-corrected chi connectivity index (χ3v) is 3.02. The summed E-state index contributed by atoms with van der Waals surface area (Å²) in [6, 6.07) is 5.08. The average molecular weight is 227 g/mol. The minimum absolute atomic E-state index is 0.00750. The highest BCUT2D eigenvalue weighted by Gasteiger charge is 2.20. The fourth-order valence-corrected chi connectivity index (χ4v) is 2.12. The highest BCUT2D eigenvalue weighted by molar-refractivity contribution is 5.39. The lowest BCUT2D eigenvalue weighted by Crippen LogP contribution is -2.08. The van der Waals surface area contributed by atoms with Gasteiger partial charge in [-0.1, -0.05) is 6.07 Å². The number of methoxy groups -OCH3 is 1. The fraction of sp³-hybridized carbons (Fsp3) is 0.500. The molecule has 0 saturated carbocycles. The van der Waals surface area contributed by atoms with Crippen molar-refractivity contribution in [1.29, 1.82) is 0 Å². The lowest BCUT2D eigenvalue weighted by Gasteiger charge is -2.13. The van der Waals surface area contributed by atoms with Crippen molar-refractivity contribution in [3.05, 3.63) is 29.3 Å². The van der Waals surface area contributed by atoms with Gasteiger partial charge in [0.25, 0.3) is 6.43 Å². The molecule has 1 saturated heterocycles. The second kappa shape index (κ2) is 4.78. The number of hydrogen-bond donors (Lipinski definition) is 1. The molecule has 0 amide bonds. The number of benzene rings is 1. The predicted molar refractivity (Wildman–Crippen MR) is 58.2 cm³/mol. The van der Waals surface area contributed by atoms with E-state index in [0.29, 0.717) is 5.92 Å². The van der Waals surface area contributed by atoms with Gasteiger partial charge in [0, 0.05) is 6.54 Å². The van der Waals surface area contributed by atoms with Gasteiger partial charge >= 0.3 is 0 Å². The zero-order chi connectivity index (χ0) is 11.5. The first-order chi connectivity index (χ1) is 7.72. The molecule has 1 aromatic carbocycles. The number of hydrogen-bond acceptors (Lipinski definition) is 2. The molecular formula is C12H15F2NO. The van der Waals surface area contributed by atoms with E-state index >= 15 is 0 Å².